The molecular weight excluding hydrogens is 228 g/mol. The van der Waals surface area contributed by atoms with E-state index < -0.39 is 11.2 Å². The number of hydrogen-bond donors (Lipinski definition) is 1. The maximum Gasteiger partial charge on any atom is 0.213 e. The first-order chi connectivity index (χ1) is 8.33. The minimum Gasteiger partial charge on any atom is -0.355 e. The maximum absolute atomic E-state index is 12.2. The van der Waals surface area contributed by atoms with Crippen molar-refractivity contribution < 1.29 is 9.53 Å². The normalized spacial score (nSPS) is 23.3. The van der Waals surface area contributed by atoms with Gasteiger partial charge in [0.25, 0.3) is 0 Å². The molecule has 1 heterocycles. The Hall–Kier alpha value is -1.68. The van der Waals surface area contributed by atoms with Gasteiger partial charge in [-0.15, -0.1) is 0 Å². The second kappa shape index (κ2) is 4.21. The number of nitrogens with zero attached hydrogens (tertiary/aromatic N) is 1. The highest BCUT2D eigenvalue weighted by atomic mass is 16.5. The lowest BCUT2D eigenvalue weighted by atomic mass is 9.97. The lowest BCUT2D eigenvalue weighted by molar-refractivity contribution is -0.131. The van der Waals surface area contributed by atoms with E-state index in [0.717, 1.165) is 5.69 Å². The molecule has 1 aliphatic rings. The van der Waals surface area contributed by atoms with Gasteiger partial charge in [-0.1, -0.05) is 18.2 Å². The molecule has 0 saturated carbocycles. The van der Waals surface area contributed by atoms with E-state index >= 15 is 0 Å². The average molecular weight is 246 g/mol. The number of rotatable bonds is 2. The van der Waals surface area contributed by atoms with E-state index in [4.69, 9.17) is 4.74 Å². The summed E-state index contributed by atoms with van der Waals surface area (Å²) < 4.78 is 5.73. The standard InChI is InChI=1S/C14H18N2O2/c1-13(2)11(12(17)14(3,4)18-13)16-15-10-8-6-5-7-9-10/h5-9,15H,1-4H3/b16-11+. The minimum absolute atomic E-state index is 0.0732. The van der Waals surface area contributed by atoms with Crippen LogP contribution in [-0.4, -0.2) is 22.7 Å². The van der Waals surface area contributed by atoms with Crippen LogP contribution in [0.1, 0.15) is 27.7 Å². The third-order valence-electron chi connectivity index (χ3n) is 2.91. The SMILES string of the molecule is CC1(C)OC(C)(C)/C(=N/Nc2ccccc2)C1=O. The summed E-state index contributed by atoms with van der Waals surface area (Å²) in [6.45, 7) is 7.24. The highest BCUT2D eigenvalue weighted by Gasteiger charge is 2.51. The molecule has 0 spiro atoms. The fourth-order valence-electron chi connectivity index (χ4n) is 2.11. The monoisotopic (exact) mass is 246 g/mol. The molecule has 1 aromatic rings. The quantitative estimate of drug-likeness (QED) is 0.816. The van der Waals surface area contributed by atoms with Crippen LogP contribution >= 0.6 is 0 Å². The van der Waals surface area contributed by atoms with Gasteiger partial charge in [0.1, 0.15) is 16.9 Å². The van der Waals surface area contributed by atoms with Gasteiger partial charge in [0.2, 0.25) is 5.78 Å². The Balaban J connectivity index is 2.25. The molecule has 1 aliphatic heterocycles. The van der Waals surface area contributed by atoms with E-state index in [2.05, 4.69) is 10.5 Å². The van der Waals surface area contributed by atoms with Gasteiger partial charge in [-0.2, -0.15) is 5.10 Å². The van der Waals surface area contributed by atoms with Crippen molar-refractivity contribution in [2.24, 2.45) is 5.10 Å². The summed E-state index contributed by atoms with van der Waals surface area (Å²) in [5.74, 6) is -0.0732. The van der Waals surface area contributed by atoms with E-state index in [-0.39, 0.29) is 5.78 Å². The van der Waals surface area contributed by atoms with E-state index in [1.54, 1.807) is 13.8 Å². The smallest absolute Gasteiger partial charge is 0.213 e. The van der Waals surface area contributed by atoms with Crippen molar-refractivity contribution in [2.45, 2.75) is 38.9 Å². The van der Waals surface area contributed by atoms with Crippen LogP contribution in [0.4, 0.5) is 5.69 Å². The van der Waals surface area contributed by atoms with Gasteiger partial charge in [-0.3, -0.25) is 10.2 Å². The van der Waals surface area contributed by atoms with Crippen LogP contribution in [0.15, 0.2) is 35.4 Å². The Morgan fingerprint density at radius 3 is 2.17 bits per heavy atom. The number of benzene rings is 1. The van der Waals surface area contributed by atoms with Crippen molar-refractivity contribution in [2.75, 3.05) is 5.43 Å². The Kier molecular flexibility index (Phi) is 2.99. The lowest BCUT2D eigenvalue weighted by Gasteiger charge is -2.21. The molecule has 0 aromatic heterocycles. The van der Waals surface area contributed by atoms with Crippen molar-refractivity contribution >= 4 is 17.2 Å². The van der Waals surface area contributed by atoms with Crippen molar-refractivity contribution in [1.82, 2.24) is 0 Å². The summed E-state index contributed by atoms with van der Waals surface area (Å²) in [6.07, 6.45) is 0. The fraction of sp³-hybridized carbons (Fsp3) is 0.429. The molecule has 0 radical (unpaired) electrons. The molecule has 0 amide bonds. The molecule has 0 atom stereocenters. The zero-order chi connectivity index (χ0) is 13.4. The van der Waals surface area contributed by atoms with E-state index in [9.17, 15) is 4.79 Å². The molecule has 0 aliphatic carbocycles. The Morgan fingerprint density at radius 1 is 1.06 bits per heavy atom. The molecule has 4 nitrogen and oxygen atoms in total. The summed E-state index contributed by atoms with van der Waals surface area (Å²) in [5, 5.41) is 4.21. The number of carbonyl (C=O) groups is 1. The average Bonchev–Trinajstić information content (AvgIpc) is 2.43. The van der Waals surface area contributed by atoms with Crippen molar-refractivity contribution in [3.8, 4) is 0 Å². The number of ketones is 1. The zero-order valence-corrected chi connectivity index (χ0v) is 11.2. The van der Waals surface area contributed by atoms with Gasteiger partial charge in [-0.25, -0.2) is 0 Å². The van der Waals surface area contributed by atoms with Gasteiger partial charge in [0.05, 0.1) is 5.69 Å². The van der Waals surface area contributed by atoms with Gasteiger partial charge in [0, 0.05) is 0 Å². The van der Waals surface area contributed by atoms with Crippen molar-refractivity contribution in [3.63, 3.8) is 0 Å². The number of carbonyl (C=O) groups excluding carboxylic acids is 1. The van der Waals surface area contributed by atoms with Crippen LogP contribution in [-0.2, 0) is 9.53 Å². The van der Waals surface area contributed by atoms with Gasteiger partial charge < -0.3 is 4.74 Å². The number of para-hydroxylation sites is 1. The summed E-state index contributed by atoms with van der Waals surface area (Å²) >= 11 is 0. The number of hydrogen-bond acceptors (Lipinski definition) is 4. The van der Waals surface area contributed by atoms with Crippen LogP contribution in [0.2, 0.25) is 0 Å². The summed E-state index contributed by atoms with van der Waals surface area (Å²) in [7, 11) is 0. The maximum atomic E-state index is 12.2. The molecule has 1 saturated heterocycles. The summed E-state index contributed by atoms with van der Waals surface area (Å²) in [5.41, 5.74) is 2.70. The van der Waals surface area contributed by atoms with E-state index in [0.29, 0.717) is 5.71 Å². The lowest BCUT2D eigenvalue weighted by Crippen LogP contribution is -2.31. The Bertz CT molecular complexity index is 490. The molecule has 1 aromatic carbocycles. The van der Waals surface area contributed by atoms with E-state index in [1.807, 2.05) is 44.2 Å². The van der Waals surface area contributed by atoms with Gasteiger partial charge in [0.15, 0.2) is 0 Å². The van der Waals surface area contributed by atoms with Crippen molar-refractivity contribution in [3.05, 3.63) is 30.3 Å². The number of ether oxygens (including phenoxy) is 1. The van der Waals surface area contributed by atoms with Crippen LogP contribution in [0.3, 0.4) is 0 Å². The number of anilines is 1. The Morgan fingerprint density at radius 2 is 1.67 bits per heavy atom. The molecule has 1 fully saturated rings. The molecule has 2 rings (SSSR count). The third-order valence-corrected chi connectivity index (χ3v) is 2.91. The highest BCUT2D eigenvalue weighted by Crippen LogP contribution is 2.32. The zero-order valence-electron chi connectivity index (χ0n) is 11.2. The van der Waals surface area contributed by atoms with Crippen LogP contribution in [0, 0.1) is 0 Å². The first-order valence-electron chi connectivity index (χ1n) is 5.97. The predicted octanol–water partition coefficient (Wildman–Crippen LogP) is 2.61. The second-order valence-corrected chi connectivity index (χ2v) is 5.39. The highest BCUT2D eigenvalue weighted by molar-refractivity contribution is 6.47. The second-order valence-electron chi connectivity index (χ2n) is 5.39. The van der Waals surface area contributed by atoms with Crippen LogP contribution < -0.4 is 5.43 Å². The molecular formula is C14H18N2O2. The summed E-state index contributed by atoms with van der Waals surface area (Å²) in [4.78, 5) is 12.2. The molecule has 18 heavy (non-hydrogen) atoms. The van der Waals surface area contributed by atoms with Crippen LogP contribution in [0.5, 0.6) is 0 Å². The predicted molar refractivity (Wildman–Crippen MR) is 71.7 cm³/mol. The number of hydrazone groups is 1. The molecule has 96 valence electrons. The number of nitrogens with one attached hydrogen (secondary N) is 1. The molecule has 4 heteroatoms. The first kappa shape index (κ1) is 12.8. The largest absolute Gasteiger partial charge is 0.355 e. The van der Waals surface area contributed by atoms with Gasteiger partial charge >= 0.3 is 0 Å². The van der Waals surface area contributed by atoms with Gasteiger partial charge in [-0.05, 0) is 39.8 Å². The summed E-state index contributed by atoms with van der Waals surface area (Å²) in [6, 6.07) is 9.52. The first-order valence-corrected chi connectivity index (χ1v) is 5.97. The Labute approximate surface area is 107 Å². The topological polar surface area (TPSA) is 50.7 Å². The fourth-order valence-corrected chi connectivity index (χ4v) is 2.11. The molecule has 0 unspecified atom stereocenters. The van der Waals surface area contributed by atoms with E-state index in [1.165, 1.54) is 0 Å². The van der Waals surface area contributed by atoms with Crippen LogP contribution in [0.25, 0.3) is 0 Å². The molecule has 0 bridgehead atoms. The molecule has 1 N–H and O–H groups in total. The third kappa shape index (κ3) is 2.29. The minimum atomic E-state index is -0.805. The number of Topliss-reactive ketones (excluding diaryl/α,β-unsaturated/α-hetero) is 1. The van der Waals surface area contributed by atoms with Crippen molar-refractivity contribution in [1.29, 1.82) is 0 Å².